The topological polar surface area (TPSA) is 33.0 Å². The predicted octanol–water partition coefficient (Wildman–Crippen LogP) is 3.06. The molecule has 82 valence electrons. The van der Waals surface area contributed by atoms with E-state index < -0.39 is 25.4 Å². The molecule has 14 heavy (non-hydrogen) atoms. The van der Waals surface area contributed by atoms with Crippen LogP contribution >= 0.6 is 15.9 Å². The van der Waals surface area contributed by atoms with Gasteiger partial charge in [-0.2, -0.15) is 18.4 Å². The van der Waals surface area contributed by atoms with Crippen molar-refractivity contribution in [2.75, 3.05) is 5.33 Å². The molecule has 0 saturated carbocycles. The van der Waals surface area contributed by atoms with Crippen molar-refractivity contribution in [3.05, 3.63) is 0 Å². The average molecular weight is 290 g/mol. The SMILES string of the molecule is C[Si](C)(C)OC(C#N)(CBr)C(F)(F)F. The summed E-state index contributed by atoms with van der Waals surface area (Å²) in [4.78, 5) is 0. The summed E-state index contributed by atoms with van der Waals surface area (Å²) in [6.07, 6.45) is -4.68. The first kappa shape index (κ1) is 13.9. The molecule has 0 rings (SSSR count). The Morgan fingerprint density at radius 1 is 1.36 bits per heavy atom. The molecule has 1 atom stereocenters. The van der Waals surface area contributed by atoms with Crippen molar-refractivity contribution in [1.82, 2.24) is 0 Å². The van der Waals surface area contributed by atoms with E-state index in [1.54, 1.807) is 19.6 Å². The third-order valence-corrected chi connectivity index (χ3v) is 3.06. The molecule has 0 aliphatic carbocycles. The van der Waals surface area contributed by atoms with Crippen LogP contribution in [0.15, 0.2) is 0 Å². The maximum Gasteiger partial charge on any atom is 0.430 e. The summed E-state index contributed by atoms with van der Waals surface area (Å²) in [5, 5.41) is 8.01. The van der Waals surface area contributed by atoms with E-state index in [0.29, 0.717) is 0 Å². The highest BCUT2D eigenvalue weighted by Crippen LogP contribution is 2.36. The largest absolute Gasteiger partial charge is 0.430 e. The standard InChI is InChI=1S/C7H11BrF3NOSi/c1-14(2,3)13-6(4-8,5-12)7(9,10)11/h4H2,1-3H3. The molecule has 0 amide bonds. The van der Waals surface area contributed by atoms with E-state index >= 15 is 0 Å². The van der Waals surface area contributed by atoms with Gasteiger partial charge in [0.1, 0.15) is 6.07 Å². The number of alkyl halides is 4. The Kier molecular flexibility index (Phi) is 4.19. The van der Waals surface area contributed by atoms with E-state index in [4.69, 9.17) is 9.69 Å². The number of hydrogen-bond donors (Lipinski definition) is 0. The minimum atomic E-state index is -4.68. The smallest absolute Gasteiger partial charge is 0.393 e. The normalized spacial score (nSPS) is 17.3. The van der Waals surface area contributed by atoms with Crippen LogP contribution in [0, 0.1) is 11.3 Å². The van der Waals surface area contributed by atoms with Gasteiger partial charge in [0.25, 0.3) is 5.60 Å². The van der Waals surface area contributed by atoms with E-state index in [1.807, 2.05) is 0 Å². The van der Waals surface area contributed by atoms with Gasteiger partial charge in [-0.05, 0) is 19.6 Å². The molecule has 0 aromatic rings. The summed E-state index contributed by atoms with van der Waals surface area (Å²) in [5.41, 5.74) is -2.71. The molecule has 0 heterocycles. The van der Waals surface area contributed by atoms with Gasteiger partial charge in [-0.15, -0.1) is 0 Å². The van der Waals surface area contributed by atoms with E-state index in [0.717, 1.165) is 0 Å². The highest BCUT2D eigenvalue weighted by atomic mass is 79.9. The fraction of sp³-hybridized carbons (Fsp3) is 0.857. The van der Waals surface area contributed by atoms with Gasteiger partial charge in [0.2, 0.25) is 0 Å². The van der Waals surface area contributed by atoms with Crippen molar-refractivity contribution in [2.45, 2.75) is 31.4 Å². The highest BCUT2D eigenvalue weighted by molar-refractivity contribution is 9.09. The molecule has 0 radical (unpaired) electrons. The molecule has 0 N–H and O–H groups in total. The second-order valence-corrected chi connectivity index (χ2v) is 8.77. The van der Waals surface area contributed by atoms with Crippen molar-refractivity contribution in [2.24, 2.45) is 0 Å². The zero-order valence-electron chi connectivity index (χ0n) is 8.07. The van der Waals surface area contributed by atoms with E-state index in [2.05, 4.69) is 15.9 Å². The lowest BCUT2D eigenvalue weighted by atomic mass is 10.1. The van der Waals surface area contributed by atoms with Crippen LogP contribution in [-0.2, 0) is 4.43 Å². The summed E-state index contributed by atoms with van der Waals surface area (Å²) in [6, 6.07) is 1.20. The second kappa shape index (κ2) is 4.21. The first-order valence-corrected chi connectivity index (χ1v) is 8.35. The Morgan fingerprint density at radius 3 is 1.86 bits per heavy atom. The molecule has 2 nitrogen and oxygen atoms in total. The van der Waals surface area contributed by atoms with Gasteiger partial charge < -0.3 is 4.43 Å². The van der Waals surface area contributed by atoms with Gasteiger partial charge in [0, 0.05) is 0 Å². The Labute approximate surface area is 90.3 Å². The quantitative estimate of drug-likeness (QED) is 0.591. The Morgan fingerprint density at radius 2 is 1.79 bits per heavy atom. The fourth-order valence-electron chi connectivity index (χ4n) is 0.800. The van der Waals surface area contributed by atoms with Crippen molar-refractivity contribution >= 4 is 24.2 Å². The zero-order chi connectivity index (χ0) is 11.6. The van der Waals surface area contributed by atoms with Gasteiger partial charge in [-0.25, -0.2) is 0 Å². The minimum absolute atomic E-state index is 0.565. The van der Waals surface area contributed by atoms with Crippen LogP contribution in [0.25, 0.3) is 0 Å². The molecule has 0 aromatic carbocycles. The molecule has 0 fully saturated rings. The first-order chi connectivity index (χ1) is 6.08. The van der Waals surface area contributed by atoms with Crippen molar-refractivity contribution < 1.29 is 17.6 Å². The minimum Gasteiger partial charge on any atom is -0.393 e. The lowest BCUT2D eigenvalue weighted by Crippen LogP contribution is -2.53. The number of nitriles is 1. The molecular weight excluding hydrogens is 279 g/mol. The van der Waals surface area contributed by atoms with Crippen molar-refractivity contribution in [3.63, 3.8) is 0 Å². The van der Waals surface area contributed by atoms with E-state index in [1.165, 1.54) is 6.07 Å². The number of halogens is 4. The van der Waals surface area contributed by atoms with Crippen LogP contribution in [0.3, 0.4) is 0 Å². The maximum absolute atomic E-state index is 12.6. The molecule has 1 unspecified atom stereocenters. The lowest BCUT2D eigenvalue weighted by molar-refractivity contribution is -0.219. The number of rotatable bonds is 3. The van der Waals surface area contributed by atoms with Gasteiger partial charge in [0.05, 0.1) is 5.33 Å². The van der Waals surface area contributed by atoms with Crippen molar-refractivity contribution in [3.8, 4) is 6.07 Å². The summed E-state index contributed by atoms with van der Waals surface area (Å²) in [6.45, 7) is 4.81. The van der Waals surface area contributed by atoms with Crippen LogP contribution in [-0.4, -0.2) is 25.4 Å². The third-order valence-electron chi connectivity index (χ3n) is 1.31. The Hall–Kier alpha value is -0.0631. The predicted molar refractivity (Wildman–Crippen MR) is 52.6 cm³/mol. The van der Waals surface area contributed by atoms with Gasteiger partial charge >= 0.3 is 6.18 Å². The molecule has 0 aliphatic rings. The highest BCUT2D eigenvalue weighted by Gasteiger charge is 2.58. The van der Waals surface area contributed by atoms with Crippen LogP contribution in [0.4, 0.5) is 13.2 Å². The van der Waals surface area contributed by atoms with Gasteiger partial charge in [-0.1, -0.05) is 15.9 Å². The lowest BCUT2D eigenvalue weighted by Gasteiger charge is -2.33. The molecular formula is C7H11BrF3NOSi. The molecule has 7 heteroatoms. The van der Waals surface area contributed by atoms with E-state index in [9.17, 15) is 13.2 Å². The third kappa shape index (κ3) is 3.26. The van der Waals surface area contributed by atoms with Crippen LogP contribution in [0.1, 0.15) is 0 Å². The number of hydrogen-bond acceptors (Lipinski definition) is 2. The average Bonchev–Trinajstić information content (AvgIpc) is 1.96. The summed E-state index contributed by atoms with van der Waals surface area (Å²) in [7, 11) is -2.42. The van der Waals surface area contributed by atoms with Gasteiger partial charge in [0.15, 0.2) is 8.32 Å². The summed E-state index contributed by atoms with van der Waals surface area (Å²) >= 11 is 2.68. The summed E-state index contributed by atoms with van der Waals surface area (Å²) in [5.74, 6) is 0. The fourth-order valence-corrected chi connectivity index (χ4v) is 2.85. The zero-order valence-corrected chi connectivity index (χ0v) is 10.7. The monoisotopic (exact) mass is 289 g/mol. The molecule has 0 aliphatic heterocycles. The molecule has 0 bridgehead atoms. The Balaban J connectivity index is 5.04. The maximum atomic E-state index is 12.6. The van der Waals surface area contributed by atoms with E-state index in [-0.39, 0.29) is 0 Å². The van der Waals surface area contributed by atoms with Crippen LogP contribution in [0.5, 0.6) is 0 Å². The molecule has 0 spiro atoms. The van der Waals surface area contributed by atoms with Gasteiger partial charge in [-0.3, -0.25) is 0 Å². The second-order valence-electron chi connectivity index (χ2n) is 3.78. The Bertz CT molecular complexity index is 245. The van der Waals surface area contributed by atoms with Crippen molar-refractivity contribution in [1.29, 1.82) is 5.26 Å². The first-order valence-electron chi connectivity index (χ1n) is 3.82. The summed E-state index contributed by atoms with van der Waals surface area (Å²) < 4.78 is 42.5. The molecule has 0 aromatic heterocycles. The van der Waals surface area contributed by atoms with Crippen LogP contribution in [0.2, 0.25) is 19.6 Å². The number of nitrogens with zero attached hydrogens (tertiary/aromatic N) is 1. The molecule has 0 saturated heterocycles. The van der Waals surface area contributed by atoms with Crippen LogP contribution < -0.4 is 0 Å².